The molecule has 3 nitrogen and oxygen atoms in total. The molecule has 0 aromatic carbocycles. The lowest BCUT2D eigenvalue weighted by atomic mass is 10.1. The van der Waals surface area contributed by atoms with Crippen molar-refractivity contribution in [3.63, 3.8) is 0 Å². The summed E-state index contributed by atoms with van der Waals surface area (Å²) in [4.78, 5) is 2.58. The number of hydrogen-bond acceptors (Lipinski definition) is 3. The summed E-state index contributed by atoms with van der Waals surface area (Å²) in [6, 6.07) is 0. The summed E-state index contributed by atoms with van der Waals surface area (Å²) in [6.45, 7) is 10.8. The number of rotatable bonds is 6. The van der Waals surface area contributed by atoms with Crippen LogP contribution in [0.3, 0.4) is 0 Å². The SMILES string of the molecule is CC(CNCCN1CCCNCC1)C1CC1. The molecule has 2 aliphatic rings. The van der Waals surface area contributed by atoms with E-state index in [2.05, 4.69) is 22.5 Å². The molecular weight excluding hydrogens is 198 g/mol. The molecule has 3 heteroatoms. The molecule has 1 aliphatic carbocycles. The van der Waals surface area contributed by atoms with Crippen molar-refractivity contribution in [3.05, 3.63) is 0 Å². The average Bonchev–Trinajstić information content (AvgIpc) is 3.10. The molecule has 16 heavy (non-hydrogen) atoms. The quantitative estimate of drug-likeness (QED) is 0.658. The Balaban J connectivity index is 1.49. The smallest absolute Gasteiger partial charge is 0.0107 e. The van der Waals surface area contributed by atoms with Crippen LogP contribution in [-0.2, 0) is 0 Å². The van der Waals surface area contributed by atoms with E-state index >= 15 is 0 Å². The first-order chi connectivity index (χ1) is 7.86. The third kappa shape index (κ3) is 4.40. The van der Waals surface area contributed by atoms with Crippen molar-refractivity contribution in [2.45, 2.75) is 26.2 Å². The summed E-state index contributed by atoms with van der Waals surface area (Å²) >= 11 is 0. The molecule has 94 valence electrons. The Kier molecular flexibility index (Phi) is 5.07. The molecule has 0 amide bonds. The summed E-state index contributed by atoms with van der Waals surface area (Å²) in [6.07, 6.45) is 4.25. The van der Waals surface area contributed by atoms with Crippen molar-refractivity contribution in [2.24, 2.45) is 11.8 Å². The lowest BCUT2D eigenvalue weighted by molar-refractivity contribution is 0.288. The number of nitrogens with one attached hydrogen (secondary N) is 2. The van der Waals surface area contributed by atoms with E-state index in [4.69, 9.17) is 0 Å². The largest absolute Gasteiger partial charge is 0.315 e. The maximum atomic E-state index is 3.61. The minimum atomic E-state index is 0.894. The van der Waals surface area contributed by atoms with Gasteiger partial charge in [0.1, 0.15) is 0 Å². The Hall–Kier alpha value is -0.120. The zero-order valence-electron chi connectivity index (χ0n) is 10.7. The van der Waals surface area contributed by atoms with E-state index in [9.17, 15) is 0 Å². The maximum absolute atomic E-state index is 3.61. The van der Waals surface area contributed by atoms with Gasteiger partial charge in [-0.2, -0.15) is 0 Å². The Morgan fingerprint density at radius 3 is 3.00 bits per heavy atom. The molecular formula is C13H27N3. The minimum Gasteiger partial charge on any atom is -0.315 e. The second kappa shape index (κ2) is 6.58. The van der Waals surface area contributed by atoms with E-state index in [0.29, 0.717) is 0 Å². The van der Waals surface area contributed by atoms with Crippen LogP contribution in [0, 0.1) is 11.8 Å². The van der Waals surface area contributed by atoms with Gasteiger partial charge in [0.15, 0.2) is 0 Å². The molecule has 1 unspecified atom stereocenters. The fraction of sp³-hybridized carbons (Fsp3) is 1.00. The van der Waals surface area contributed by atoms with Crippen LogP contribution in [0.25, 0.3) is 0 Å². The van der Waals surface area contributed by atoms with Crippen molar-refractivity contribution in [1.82, 2.24) is 15.5 Å². The van der Waals surface area contributed by atoms with E-state index in [1.54, 1.807) is 0 Å². The molecule has 0 radical (unpaired) electrons. The molecule has 1 saturated carbocycles. The van der Waals surface area contributed by atoms with Gasteiger partial charge in [0.05, 0.1) is 0 Å². The van der Waals surface area contributed by atoms with Gasteiger partial charge in [0, 0.05) is 26.2 Å². The van der Waals surface area contributed by atoms with Gasteiger partial charge in [-0.3, -0.25) is 0 Å². The predicted molar refractivity (Wildman–Crippen MR) is 68.7 cm³/mol. The van der Waals surface area contributed by atoms with Crippen molar-refractivity contribution in [2.75, 3.05) is 45.8 Å². The van der Waals surface area contributed by atoms with Crippen LogP contribution in [-0.4, -0.2) is 50.7 Å². The van der Waals surface area contributed by atoms with Crippen molar-refractivity contribution >= 4 is 0 Å². The third-order valence-electron chi connectivity index (χ3n) is 3.93. The fourth-order valence-corrected chi connectivity index (χ4v) is 2.52. The van der Waals surface area contributed by atoms with Crippen LogP contribution in [0.1, 0.15) is 26.2 Å². The highest BCUT2D eigenvalue weighted by atomic mass is 15.2. The first-order valence-corrected chi connectivity index (χ1v) is 7.00. The normalized spacial score (nSPS) is 25.3. The summed E-state index contributed by atoms with van der Waals surface area (Å²) < 4.78 is 0. The van der Waals surface area contributed by atoms with Gasteiger partial charge >= 0.3 is 0 Å². The number of hydrogen-bond donors (Lipinski definition) is 2. The van der Waals surface area contributed by atoms with Crippen molar-refractivity contribution < 1.29 is 0 Å². The van der Waals surface area contributed by atoms with E-state index in [-0.39, 0.29) is 0 Å². The summed E-state index contributed by atoms with van der Waals surface area (Å²) in [5.74, 6) is 1.93. The molecule has 1 heterocycles. The molecule has 2 rings (SSSR count). The van der Waals surface area contributed by atoms with Crippen LogP contribution in [0.5, 0.6) is 0 Å². The fourth-order valence-electron chi connectivity index (χ4n) is 2.52. The monoisotopic (exact) mass is 225 g/mol. The second-order valence-electron chi connectivity index (χ2n) is 5.46. The summed E-state index contributed by atoms with van der Waals surface area (Å²) in [7, 11) is 0. The Morgan fingerprint density at radius 1 is 1.31 bits per heavy atom. The number of nitrogens with zero attached hydrogens (tertiary/aromatic N) is 1. The highest BCUT2D eigenvalue weighted by Crippen LogP contribution is 2.35. The molecule has 2 fully saturated rings. The third-order valence-corrected chi connectivity index (χ3v) is 3.93. The molecule has 1 atom stereocenters. The molecule has 0 aromatic rings. The molecule has 1 aliphatic heterocycles. The first kappa shape index (κ1) is 12.3. The van der Waals surface area contributed by atoms with Crippen molar-refractivity contribution in [3.8, 4) is 0 Å². The second-order valence-corrected chi connectivity index (χ2v) is 5.46. The minimum absolute atomic E-state index is 0.894. The molecule has 2 N–H and O–H groups in total. The summed E-state index contributed by atoms with van der Waals surface area (Å²) in [5.41, 5.74) is 0. The van der Waals surface area contributed by atoms with Gasteiger partial charge in [-0.05, 0) is 50.7 Å². The van der Waals surface area contributed by atoms with Gasteiger partial charge < -0.3 is 15.5 Å². The van der Waals surface area contributed by atoms with E-state index in [0.717, 1.165) is 18.4 Å². The van der Waals surface area contributed by atoms with Gasteiger partial charge in [0.2, 0.25) is 0 Å². The Labute approximate surface area is 100.0 Å². The van der Waals surface area contributed by atoms with Crippen LogP contribution in [0.4, 0.5) is 0 Å². The van der Waals surface area contributed by atoms with Crippen LogP contribution in [0.2, 0.25) is 0 Å². The van der Waals surface area contributed by atoms with Gasteiger partial charge in [0.25, 0.3) is 0 Å². The van der Waals surface area contributed by atoms with Gasteiger partial charge in [-0.25, -0.2) is 0 Å². The summed E-state index contributed by atoms with van der Waals surface area (Å²) in [5, 5.41) is 7.06. The molecule has 1 saturated heterocycles. The van der Waals surface area contributed by atoms with Crippen molar-refractivity contribution in [1.29, 1.82) is 0 Å². The predicted octanol–water partition coefficient (Wildman–Crippen LogP) is 0.917. The lowest BCUT2D eigenvalue weighted by Crippen LogP contribution is -2.36. The zero-order valence-corrected chi connectivity index (χ0v) is 10.7. The zero-order chi connectivity index (χ0) is 11.2. The standard InChI is InChI=1S/C13H27N3/c1-12(13-3-4-13)11-15-7-10-16-8-2-5-14-6-9-16/h12-15H,2-11H2,1H3. The highest BCUT2D eigenvalue weighted by molar-refractivity contribution is 4.79. The first-order valence-electron chi connectivity index (χ1n) is 7.00. The van der Waals surface area contributed by atoms with E-state index in [1.807, 2.05) is 0 Å². The molecule has 0 aromatic heterocycles. The Morgan fingerprint density at radius 2 is 2.19 bits per heavy atom. The average molecular weight is 225 g/mol. The Bertz CT molecular complexity index is 184. The molecule has 0 bridgehead atoms. The maximum Gasteiger partial charge on any atom is 0.0107 e. The lowest BCUT2D eigenvalue weighted by Gasteiger charge is -2.20. The topological polar surface area (TPSA) is 27.3 Å². The van der Waals surface area contributed by atoms with Crippen LogP contribution in [0.15, 0.2) is 0 Å². The highest BCUT2D eigenvalue weighted by Gasteiger charge is 2.27. The van der Waals surface area contributed by atoms with E-state index < -0.39 is 0 Å². The van der Waals surface area contributed by atoms with Crippen LogP contribution >= 0.6 is 0 Å². The van der Waals surface area contributed by atoms with Gasteiger partial charge in [-0.15, -0.1) is 0 Å². The van der Waals surface area contributed by atoms with Crippen LogP contribution < -0.4 is 10.6 Å². The van der Waals surface area contributed by atoms with Gasteiger partial charge in [-0.1, -0.05) is 6.92 Å². The molecule has 0 spiro atoms. The van der Waals surface area contributed by atoms with E-state index in [1.165, 1.54) is 58.5 Å².